The Labute approximate surface area is 116 Å². The summed E-state index contributed by atoms with van der Waals surface area (Å²) in [5.74, 6) is -1.22. The third kappa shape index (κ3) is 1.68. The second-order valence-electron chi connectivity index (χ2n) is 5.68. The average Bonchev–Trinajstić information content (AvgIpc) is 2.95. The van der Waals surface area contributed by atoms with Crippen molar-refractivity contribution in [3.63, 3.8) is 0 Å². The molecule has 5 heteroatoms. The Morgan fingerprint density at radius 2 is 2.35 bits per heavy atom. The second-order valence-corrected chi connectivity index (χ2v) is 5.68. The fourth-order valence-corrected chi connectivity index (χ4v) is 3.71. The van der Waals surface area contributed by atoms with Crippen molar-refractivity contribution in [2.24, 2.45) is 11.3 Å². The van der Waals surface area contributed by atoms with Gasteiger partial charge in [-0.1, -0.05) is 12.5 Å². The fraction of sp³-hybridized carbons (Fsp3) is 0.467. The van der Waals surface area contributed by atoms with E-state index in [-0.39, 0.29) is 11.5 Å². The molecule has 0 unspecified atom stereocenters. The highest BCUT2D eigenvalue weighted by molar-refractivity contribution is 5.78. The quantitative estimate of drug-likeness (QED) is 0.899. The summed E-state index contributed by atoms with van der Waals surface area (Å²) in [6, 6.07) is 6.40. The first-order valence-electron chi connectivity index (χ1n) is 6.75. The van der Waals surface area contributed by atoms with Crippen LogP contribution in [0.5, 0.6) is 0 Å². The summed E-state index contributed by atoms with van der Waals surface area (Å²) in [6.45, 7) is 0.954. The lowest BCUT2D eigenvalue weighted by molar-refractivity contribution is -0.149. The number of halogens is 1. The van der Waals surface area contributed by atoms with Gasteiger partial charge in [-0.3, -0.25) is 4.79 Å². The smallest absolute Gasteiger partial charge is 0.311 e. The first-order valence-corrected chi connectivity index (χ1v) is 6.75. The fourth-order valence-electron chi connectivity index (χ4n) is 3.71. The summed E-state index contributed by atoms with van der Waals surface area (Å²) in [6.07, 6.45) is 2.49. The van der Waals surface area contributed by atoms with Crippen LogP contribution in [-0.4, -0.2) is 24.2 Å². The van der Waals surface area contributed by atoms with Crippen LogP contribution < -0.4 is 4.90 Å². The Morgan fingerprint density at radius 1 is 1.55 bits per heavy atom. The number of aliphatic carboxylic acids is 1. The third-order valence-corrected chi connectivity index (χ3v) is 4.74. The monoisotopic (exact) mass is 274 g/mol. The molecule has 0 bridgehead atoms. The zero-order valence-corrected chi connectivity index (χ0v) is 11.0. The maximum Gasteiger partial charge on any atom is 0.311 e. The van der Waals surface area contributed by atoms with E-state index in [1.54, 1.807) is 12.1 Å². The summed E-state index contributed by atoms with van der Waals surface area (Å²) in [5, 5.41) is 18.7. The van der Waals surface area contributed by atoms with E-state index < -0.39 is 17.2 Å². The highest BCUT2D eigenvalue weighted by Gasteiger charge is 2.55. The van der Waals surface area contributed by atoms with Gasteiger partial charge in [-0.15, -0.1) is 0 Å². The number of benzene rings is 1. The molecule has 2 atom stereocenters. The van der Waals surface area contributed by atoms with Gasteiger partial charge in [-0.05, 0) is 30.9 Å². The molecule has 104 valence electrons. The maximum atomic E-state index is 13.7. The number of hydrogen-bond donors (Lipinski definition) is 1. The van der Waals surface area contributed by atoms with Gasteiger partial charge >= 0.3 is 5.97 Å². The highest BCUT2D eigenvalue weighted by atomic mass is 19.1. The Bertz CT molecular complexity index is 610. The second kappa shape index (κ2) is 4.48. The molecule has 1 saturated carbocycles. The molecule has 20 heavy (non-hydrogen) atoms. The lowest BCUT2D eigenvalue weighted by Crippen LogP contribution is -2.35. The topological polar surface area (TPSA) is 64.3 Å². The molecular weight excluding hydrogens is 259 g/mol. The van der Waals surface area contributed by atoms with Crippen molar-refractivity contribution in [3.05, 3.63) is 29.6 Å². The van der Waals surface area contributed by atoms with Crippen LogP contribution in [0.1, 0.15) is 24.8 Å². The van der Waals surface area contributed by atoms with Crippen molar-refractivity contribution in [2.75, 3.05) is 18.0 Å². The van der Waals surface area contributed by atoms with E-state index in [2.05, 4.69) is 0 Å². The standard InChI is InChI=1S/C15H15FN2O2/c16-12-4-1-5-13(11(12)7-17)18-8-10-3-2-6-15(10,9-18)14(19)20/h1,4-5,10H,2-3,6,8-9H2,(H,19,20)/t10-,15+/m0/s1. The van der Waals surface area contributed by atoms with E-state index in [0.717, 1.165) is 12.8 Å². The number of carboxylic acid groups (broad SMARTS) is 1. The minimum Gasteiger partial charge on any atom is -0.481 e. The van der Waals surface area contributed by atoms with Crippen LogP contribution >= 0.6 is 0 Å². The van der Waals surface area contributed by atoms with Crippen LogP contribution in [0, 0.1) is 28.5 Å². The largest absolute Gasteiger partial charge is 0.481 e. The van der Waals surface area contributed by atoms with Crippen molar-refractivity contribution in [1.82, 2.24) is 0 Å². The summed E-state index contributed by atoms with van der Waals surface area (Å²) >= 11 is 0. The van der Waals surface area contributed by atoms with Crippen molar-refractivity contribution in [2.45, 2.75) is 19.3 Å². The van der Waals surface area contributed by atoms with Gasteiger partial charge in [0.15, 0.2) is 0 Å². The van der Waals surface area contributed by atoms with Crippen LogP contribution in [-0.2, 0) is 4.79 Å². The van der Waals surface area contributed by atoms with Crippen molar-refractivity contribution >= 4 is 11.7 Å². The van der Waals surface area contributed by atoms with Gasteiger partial charge in [-0.2, -0.15) is 5.26 Å². The van der Waals surface area contributed by atoms with E-state index >= 15 is 0 Å². The van der Waals surface area contributed by atoms with Gasteiger partial charge in [0.1, 0.15) is 17.4 Å². The van der Waals surface area contributed by atoms with E-state index in [9.17, 15) is 14.3 Å². The van der Waals surface area contributed by atoms with Gasteiger partial charge in [0.25, 0.3) is 0 Å². The number of carbonyl (C=O) groups is 1. The van der Waals surface area contributed by atoms with Crippen LogP contribution in [0.15, 0.2) is 18.2 Å². The molecule has 1 heterocycles. The lowest BCUT2D eigenvalue weighted by Gasteiger charge is -2.24. The first kappa shape index (κ1) is 12.9. The molecule has 1 aliphatic heterocycles. The molecule has 1 aromatic carbocycles. The molecule has 2 aliphatic rings. The van der Waals surface area contributed by atoms with Gasteiger partial charge in [0.05, 0.1) is 11.1 Å². The van der Waals surface area contributed by atoms with Gasteiger partial charge in [0, 0.05) is 13.1 Å². The third-order valence-electron chi connectivity index (χ3n) is 4.74. The molecular formula is C15H15FN2O2. The Balaban J connectivity index is 1.98. The van der Waals surface area contributed by atoms with E-state index in [4.69, 9.17) is 5.26 Å². The van der Waals surface area contributed by atoms with Crippen LogP contribution in [0.4, 0.5) is 10.1 Å². The minimum absolute atomic E-state index is 0.00742. The van der Waals surface area contributed by atoms with Gasteiger partial charge < -0.3 is 10.0 Å². The Kier molecular flexibility index (Phi) is 2.89. The van der Waals surface area contributed by atoms with Gasteiger partial charge in [-0.25, -0.2) is 4.39 Å². The lowest BCUT2D eigenvalue weighted by atomic mass is 9.81. The van der Waals surface area contributed by atoms with E-state index in [1.807, 2.05) is 11.0 Å². The predicted octanol–water partition coefficient (Wildman–Crippen LogP) is 2.39. The normalized spacial score (nSPS) is 28.2. The number of anilines is 1. The number of nitrogens with zero attached hydrogens (tertiary/aromatic N) is 2. The molecule has 0 spiro atoms. The van der Waals surface area contributed by atoms with E-state index in [0.29, 0.717) is 25.2 Å². The van der Waals surface area contributed by atoms with Crippen molar-refractivity contribution in [3.8, 4) is 6.07 Å². The minimum atomic E-state index is -0.766. The Morgan fingerprint density at radius 3 is 3.00 bits per heavy atom. The van der Waals surface area contributed by atoms with E-state index in [1.165, 1.54) is 6.07 Å². The molecule has 4 nitrogen and oxygen atoms in total. The number of hydrogen-bond acceptors (Lipinski definition) is 3. The summed E-state index contributed by atoms with van der Waals surface area (Å²) in [5.41, 5.74) is -0.200. The molecule has 3 rings (SSSR count). The molecule has 0 aromatic heterocycles. The molecule has 0 amide bonds. The molecule has 2 fully saturated rings. The average molecular weight is 274 g/mol. The zero-order valence-electron chi connectivity index (χ0n) is 11.0. The molecule has 0 radical (unpaired) electrons. The van der Waals surface area contributed by atoms with Gasteiger partial charge in [0.2, 0.25) is 0 Å². The molecule has 1 N–H and O–H groups in total. The number of carboxylic acids is 1. The molecule has 1 aliphatic carbocycles. The van der Waals surface area contributed by atoms with Crippen LogP contribution in [0.25, 0.3) is 0 Å². The summed E-state index contributed by atoms with van der Waals surface area (Å²) in [7, 11) is 0. The number of nitriles is 1. The first-order chi connectivity index (χ1) is 9.58. The maximum absolute atomic E-state index is 13.7. The summed E-state index contributed by atoms with van der Waals surface area (Å²) < 4.78 is 13.7. The predicted molar refractivity (Wildman–Crippen MR) is 70.7 cm³/mol. The number of rotatable bonds is 2. The highest BCUT2D eigenvalue weighted by Crippen LogP contribution is 2.50. The molecule has 1 saturated heterocycles. The van der Waals surface area contributed by atoms with Crippen molar-refractivity contribution < 1.29 is 14.3 Å². The summed E-state index contributed by atoms with van der Waals surface area (Å²) in [4.78, 5) is 13.5. The zero-order chi connectivity index (χ0) is 14.3. The van der Waals surface area contributed by atoms with Crippen LogP contribution in [0.2, 0.25) is 0 Å². The molecule has 1 aromatic rings. The SMILES string of the molecule is N#Cc1c(F)cccc1N1C[C@@H]2CCC[C@@]2(C(=O)O)C1. The Hall–Kier alpha value is -2.09. The van der Waals surface area contributed by atoms with Crippen molar-refractivity contribution in [1.29, 1.82) is 5.26 Å². The van der Waals surface area contributed by atoms with Crippen LogP contribution in [0.3, 0.4) is 0 Å². The number of fused-ring (bicyclic) bond motifs is 1.